The summed E-state index contributed by atoms with van der Waals surface area (Å²) in [5.41, 5.74) is 20.9. The number of hydrogen-bond donors (Lipinski definition) is 6. The number of carbonyl (C=O) groups is 1. The van der Waals surface area contributed by atoms with Gasteiger partial charge in [-0.2, -0.15) is 0 Å². The first-order valence-corrected chi connectivity index (χ1v) is 19.7. The molecular weight excluding hydrogens is 679 g/mol. The minimum atomic E-state index is -0.192. The molecular formula is C41H71N11O2. The van der Waals surface area contributed by atoms with Gasteiger partial charge in [-0.3, -0.25) is 14.7 Å². The molecule has 13 nitrogen and oxygen atoms in total. The minimum Gasteiger partial charge on any atom is -0.370 e. The molecule has 1 saturated heterocycles. The van der Waals surface area contributed by atoms with E-state index in [0.29, 0.717) is 24.5 Å². The first-order valence-electron chi connectivity index (χ1n) is 19.7. The molecule has 13 heteroatoms. The van der Waals surface area contributed by atoms with Gasteiger partial charge >= 0.3 is 6.03 Å². The lowest BCUT2D eigenvalue weighted by Gasteiger charge is -2.34. The van der Waals surface area contributed by atoms with Gasteiger partial charge in [0.1, 0.15) is 5.82 Å². The van der Waals surface area contributed by atoms with Gasteiger partial charge in [0.15, 0.2) is 5.96 Å². The summed E-state index contributed by atoms with van der Waals surface area (Å²) in [6, 6.07) is 15.8. The molecule has 3 aromatic rings. The number of unbranched alkanes of at least 4 members (excludes halogenated alkanes) is 3. The number of hydrogen-bond acceptors (Lipinski definition) is 8. The van der Waals surface area contributed by atoms with E-state index < -0.39 is 0 Å². The summed E-state index contributed by atoms with van der Waals surface area (Å²) in [6.45, 7) is 18.7. The van der Waals surface area contributed by atoms with Crippen LogP contribution in [0.15, 0.2) is 64.5 Å². The number of piperazine rings is 1. The Morgan fingerprint density at radius 1 is 0.889 bits per heavy atom. The Balaban J connectivity index is 0.000000461. The number of likely N-dealkylation sites (N-methyl/N-ethyl adjacent to an activating group) is 1. The quantitative estimate of drug-likeness (QED) is 0.0639. The maximum absolute atomic E-state index is 12.1. The molecule has 1 fully saturated rings. The van der Waals surface area contributed by atoms with Crippen molar-refractivity contribution in [1.29, 1.82) is 0 Å². The molecule has 2 amide bonds. The Morgan fingerprint density at radius 3 is 2.00 bits per heavy atom. The molecule has 0 bridgehead atoms. The third kappa shape index (κ3) is 20.7. The Morgan fingerprint density at radius 2 is 1.50 bits per heavy atom. The highest BCUT2D eigenvalue weighted by molar-refractivity contribution is 5.89. The molecule has 2 aromatic carbocycles. The number of aromatic amines is 1. The van der Waals surface area contributed by atoms with Gasteiger partial charge in [0.05, 0.1) is 5.56 Å². The Bertz CT molecular complexity index is 1480. The second-order valence-corrected chi connectivity index (χ2v) is 13.4. The number of aliphatic imine (C=N–C) groups is 1. The molecule has 2 heterocycles. The van der Waals surface area contributed by atoms with Crippen LogP contribution in [0.4, 0.5) is 16.2 Å². The highest BCUT2D eigenvalue weighted by atomic mass is 16.2. The van der Waals surface area contributed by atoms with Crippen molar-refractivity contribution < 1.29 is 4.79 Å². The Kier molecular flexibility index (Phi) is 25.5. The number of nitrogens with zero attached hydrogens (tertiary/aromatic N) is 5. The minimum absolute atomic E-state index is 0.125. The summed E-state index contributed by atoms with van der Waals surface area (Å²) < 4.78 is 0. The van der Waals surface area contributed by atoms with Gasteiger partial charge in [-0.25, -0.2) is 9.78 Å². The van der Waals surface area contributed by atoms with Gasteiger partial charge in [-0.1, -0.05) is 84.1 Å². The average molecular weight is 750 g/mol. The summed E-state index contributed by atoms with van der Waals surface area (Å²) in [7, 11) is 3.75. The number of aromatic nitrogens is 2. The van der Waals surface area contributed by atoms with Gasteiger partial charge in [-0.15, -0.1) is 0 Å². The molecule has 9 N–H and O–H groups in total. The lowest BCUT2D eigenvalue weighted by atomic mass is 10.1. The molecule has 0 unspecified atom stereocenters. The van der Waals surface area contributed by atoms with Crippen molar-refractivity contribution in [3.05, 3.63) is 76.5 Å². The maximum Gasteiger partial charge on any atom is 0.318 e. The number of H-pyrrole nitrogens is 1. The first kappa shape index (κ1) is 47.6. The van der Waals surface area contributed by atoms with E-state index in [2.05, 4.69) is 87.2 Å². The van der Waals surface area contributed by atoms with E-state index in [0.717, 1.165) is 69.9 Å². The van der Waals surface area contributed by atoms with Crippen LogP contribution in [0.2, 0.25) is 0 Å². The van der Waals surface area contributed by atoms with E-state index in [4.69, 9.17) is 17.2 Å². The second-order valence-electron chi connectivity index (χ2n) is 13.4. The SMILES string of the molecule is CCCC.CCCCC.CNC(=O)Nc1ccc(N2CCN(C)CC2)cc1.Cc1ncc(-c2ccc(CN(CCCN)CCCN=C(N)N)cc2)c(=O)[nH]1. The third-order valence-corrected chi connectivity index (χ3v) is 8.63. The van der Waals surface area contributed by atoms with Crippen molar-refractivity contribution in [3.63, 3.8) is 0 Å². The fourth-order valence-electron chi connectivity index (χ4n) is 5.19. The highest BCUT2D eigenvalue weighted by Crippen LogP contribution is 2.19. The molecule has 0 radical (unpaired) electrons. The lowest BCUT2D eigenvalue weighted by Crippen LogP contribution is -2.44. The van der Waals surface area contributed by atoms with Gasteiger partial charge < -0.3 is 42.6 Å². The zero-order chi connectivity index (χ0) is 40.1. The third-order valence-electron chi connectivity index (χ3n) is 8.63. The Hall–Kier alpha value is -4.46. The summed E-state index contributed by atoms with van der Waals surface area (Å²) in [5.74, 6) is 0.733. The largest absolute Gasteiger partial charge is 0.370 e. The van der Waals surface area contributed by atoms with Crippen molar-refractivity contribution in [2.75, 3.05) is 76.7 Å². The number of aryl methyl sites for hydroxylation is 1. The number of nitrogens with one attached hydrogen (secondary N) is 3. The van der Waals surface area contributed by atoms with Crippen LogP contribution in [0.5, 0.6) is 0 Å². The van der Waals surface area contributed by atoms with Gasteiger partial charge in [0.25, 0.3) is 5.56 Å². The number of guanidine groups is 1. The van der Waals surface area contributed by atoms with Gasteiger partial charge in [0.2, 0.25) is 0 Å². The second kappa shape index (κ2) is 29.0. The van der Waals surface area contributed by atoms with Crippen LogP contribution in [0, 0.1) is 6.92 Å². The van der Waals surface area contributed by atoms with Crippen molar-refractivity contribution in [1.82, 2.24) is 25.1 Å². The molecule has 4 rings (SSSR count). The number of carbonyl (C=O) groups excluding carboxylic acids is 1. The predicted molar refractivity (Wildman–Crippen MR) is 229 cm³/mol. The fraction of sp³-hybridized carbons (Fsp3) is 0.561. The van der Waals surface area contributed by atoms with Crippen molar-refractivity contribution in [2.24, 2.45) is 22.2 Å². The molecule has 0 atom stereocenters. The summed E-state index contributed by atoms with van der Waals surface area (Å²) in [6.07, 6.45) is 10.1. The number of nitrogens with two attached hydrogens (primary N) is 3. The molecule has 0 saturated carbocycles. The normalized spacial score (nSPS) is 12.3. The van der Waals surface area contributed by atoms with Crippen molar-refractivity contribution >= 4 is 23.4 Å². The number of rotatable bonds is 15. The molecule has 54 heavy (non-hydrogen) atoms. The summed E-state index contributed by atoms with van der Waals surface area (Å²) >= 11 is 0. The number of amides is 2. The summed E-state index contributed by atoms with van der Waals surface area (Å²) in [5, 5.41) is 5.28. The van der Waals surface area contributed by atoms with Crippen LogP contribution in [0.1, 0.15) is 84.0 Å². The maximum atomic E-state index is 12.1. The van der Waals surface area contributed by atoms with Crippen LogP contribution in [-0.2, 0) is 6.54 Å². The van der Waals surface area contributed by atoms with Crippen molar-refractivity contribution in [2.45, 2.75) is 86.1 Å². The number of anilines is 2. The standard InChI is InChI=1S/C19H29N7O.C13H20N4O.C5H12.C4H10/c1-14-24-12-17(18(27)25-14)16-6-4-15(5-7-16)13-26(10-2-8-20)11-3-9-23-19(21)22;1-14-13(18)15-11-3-5-12(6-4-11)17-9-7-16(2)8-10-17;1-3-5-4-2;1-3-4-2/h4-7,12H,2-3,8-11,13,20H2,1H3,(H4,21,22,23)(H,24,25,27);3-6H,7-10H2,1-2H3,(H2,14,15,18);3-5H2,1-2H3;3-4H2,1-2H3. The van der Waals surface area contributed by atoms with E-state index >= 15 is 0 Å². The smallest absolute Gasteiger partial charge is 0.318 e. The fourth-order valence-corrected chi connectivity index (χ4v) is 5.19. The van der Waals surface area contributed by atoms with E-state index in [1.165, 1.54) is 43.4 Å². The molecule has 1 aliphatic heterocycles. The zero-order valence-electron chi connectivity index (χ0n) is 34.3. The molecule has 302 valence electrons. The van der Waals surface area contributed by atoms with Crippen LogP contribution < -0.4 is 38.3 Å². The monoisotopic (exact) mass is 750 g/mol. The highest BCUT2D eigenvalue weighted by Gasteiger charge is 2.14. The van der Waals surface area contributed by atoms with E-state index in [1.54, 1.807) is 20.2 Å². The van der Waals surface area contributed by atoms with Crippen LogP contribution in [0.25, 0.3) is 11.1 Å². The van der Waals surface area contributed by atoms with Gasteiger partial charge in [0, 0.05) is 70.4 Å². The average Bonchev–Trinajstić information content (AvgIpc) is 3.17. The predicted octanol–water partition coefficient (Wildman–Crippen LogP) is 5.75. The number of benzene rings is 2. The van der Waals surface area contributed by atoms with Crippen molar-refractivity contribution in [3.8, 4) is 11.1 Å². The van der Waals surface area contributed by atoms with Crippen LogP contribution >= 0.6 is 0 Å². The van der Waals surface area contributed by atoms with Crippen LogP contribution in [0.3, 0.4) is 0 Å². The lowest BCUT2D eigenvalue weighted by molar-refractivity contribution is 0.254. The Labute approximate surface area is 325 Å². The van der Waals surface area contributed by atoms with E-state index in [1.807, 2.05) is 36.4 Å². The number of urea groups is 1. The van der Waals surface area contributed by atoms with Crippen LogP contribution in [-0.4, -0.2) is 98.2 Å². The summed E-state index contributed by atoms with van der Waals surface area (Å²) in [4.78, 5) is 41.2. The molecule has 0 aliphatic carbocycles. The first-order chi connectivity index (χ1) is 26.0. The van der Waals surface area contributed by atoms with Gasteiger partial charge in [-0.05, 0) is 75.3 Å². The molecule has 0 spiro atoms. The van der Waals surface area contributed by atoms with E-state index in [-0.39, 0.29) is 17.5 Å². The zero-order valence-corrected chi connectivity index (χ0v) is 34.3. The molecule has 1 aliphatic rings. The van der Waals surface area contributed by atoms with E-state index in [9.17, 15) is 9.59 Å². The molecule has 1 aromatic heterocycles. The topological polar surface area (TPSA) is 187 Å².